The minimum atomic E-state index is -0.509. The Morgan fingerprint density at radius 3 is 2.43 bits per heavy atom. The van der Waals surface area contributed by atoms with Gasteiger partial charge in [-0.1, -0.05) is 12.1 Å². The number of aliphatic imine (C=N–C) groups is 1. The SMILES string of the molecule is CCNC(=NCCCOCC)NCCc1ccc(NC(=O)OC(C)(C)C)cc1. The first-order chi connectivity index (χ1) is 13.3. The molecule has 0 aliphatic carbocycles. The number of carbonyl (C=O) groups is 1. The summed E-state index contributed by atoms with van der Waals surface area (Å²) in [6.07, 6.45) is 1.32. The molecule has 0 aliphatic heterocycles. The van der Waals surface area contributed by atoms with E-state index < -0.39 is 11.7 Å². The monoisotopic (exact) mass is 392 g/mol. The first kappa shape index (κ1) is 23.8. The van der Waals surface area contributed by atoms with Gasteiger partial charge in [0.2, 0.25) is 0 Å². The van der Waals surface area contributed by atoms with Crippen molar-refractivity contribution in [3.05, 3.63) is 29.8 Å². The van der Waals surface area contributed by atoms with Crippen molar-refractivity contribution in [2.24, 2.45) is 4.99 Å². The van der Waals surface area contributed by atoms with Crippen LogP contribution in [0, 0.1) is 0 Å². The lowest BCUT2D eigenvalue weighted by Gasteiger charge is -2.19. The molecular formula is C21H36N4O3. The number of benzene rings is 1. The summed E-state index contributed by atoms with van der Waals surface area (Å²) in [5.41, 5.74) is 1.38. The van der Waals surface area contributed by atoms with E-state index in [1.807, 2.05) is 58.9 Å². The molecule has 28 heavy (non-hydrogen) atoms. The van der Waals surface area contributed by atoms with Crippen molar-refractivity contribution in [1.29, 1.82) is 0 Å². The summed E-state index contributed by atoms with van der Waals surface area (Å²) >= 11 is 0. The highest BCUT2D eigenvalue weighted by Gasteiger charge is 2.16. The van der Waals surface area contributed by atoms with Crippen LogP contribution in [-0.4, -0.2) is 50.5 Å². The van der Waals surface area contributed by atoms with Gasteiger partial charge in [-0.25, -0.2) is 4.79 Å². The third-order valence-electron chi connectivity index (χ3n) is 3.57. The van der Waals surface area contributed by atoms with Crippen molar-refractivity contribution in [3.8, 4) is 0 Å². The van der Waals surface area contributed by atoms with E-state index in [0.717, 1.165) is 57.3 Å². The molecule has 0 radical (unpaired) electrons. The zero-order chi connectivity index (χ0) is 20.8. The molecule has 0 aliphatic rings. The fourth-order valence-electron chi connectivity index (χ4n) is 2.35. The number of carbonyl (C=O) groups excluding carboxylic acids is 1. The second kappa shape index (κ2) is 13.0. The second-order valence-electron chi connectivity index (χ2n) is 7.31. The van der Waals surface area contributed by atoms with Gasteiger partial charge in [0.05, 0.1) is 0 Å². The zero-order valence-electron chi connectivity index (χ0n) is 17.9. The fraction of sp³-hybridized carbons (Fsp3) is 0.619. The molecule has 0 fully saturated rings. The number of guanidine groups is 1. The normalized spacial score (nSPS) is 11.8. The van der Waals surface area contributed by atoms with Crippen LogP contribution in [0.3, 0.4) is 0 Å². The number of anilines is 1. The van der Waals surface area contributed by atoms with Crippen LogP contribution in [0.15, 0.2) is 29.3 Å². The lowest BCUT2D eigenvalue weighted by atomic mass is 10.1. The lowest BCUT2D eigenvalue weighted by molar-refractivity contribution is 0.0636. The first-order valence-electron chi connectivity index (χ1n) is 10.0. The second-order valence-corrected chi connectivity index (χ2v) is 7.31. The van der Waals surface area contributed by atoms with Gasteiger partial charge in [-0.05, 0) is 65.2 Å². The van der Waals surface area contributed by atoms with Crippen LogP contribution in [0.4, 0.5) is 10.5 Å². The van der Waals surface area contributed by atoms with E-state index in [0.29, 0.717) is 0 Å². The number of nitrogens with zero attached hydrogens (tertiary/aromatic N) is 1. The van der Waals surface area contributed by atoms with Crippen molar-refractivity contribution in [2.75, 3.05) is 38.2 Å². The Morgan fingerprint density at radius 1 is 1.11 bits per heavy atom. The Bertz CT molecular complexity index is 595. The van der Waals surface area contributed by atoms with E-state index in [4.69, 9.17) is 9.47 Å². The molecule has 7 nitrogen and oxygen atoms in total. The largest absolute Gasteiger partial charge is 0.444 e. The summed E-state index contributed by atoms with van der Waals surface area (Å²) in [7, 11) is 0. The molecule has 0 spiro atoms. The van der Waals surface area contributed by atoms with Gasteiger partial charge >= 0.3 is 6.09 Å². The minimum absolute atomic E-state index is 0.447. The van der Waals surface area contributed by atoms with Crippen molar-refractivity contribution in [2.45, 2.75) is 53.1 Å². The van der Waals surface area contributed by atoms with Crippen LogP contribution < -0.4 is 16.0 Å². The van der Waals surface area contributed by atoms with Gasteiger partial charge in [-0.2, -0.15) is 0 Å². The van der Waals surface area contributed by atoms with E-state index in [1.54, 1.807) is 0 Å². The summed E-state index contributed by atoms with van der Waals surface area (Å²) in [5, 5.41) is 9.32. The maximum Gasteiger partial charge on any atom is 0.412 e. The number of ether oxygens (including phenoxy) is 2. The van der Waals surface area contributed by atoms with Crippen molar-refractivity contribution in [3.63, 3.8) is 0 Å². The number of amides is 1. The van der Waals surface area contributed by atoms with E-state index in [9.17, 15) is 4.79 Å². The van der Waals surface area contributed by atoms with Crippen molar-refractivity contribution in [1.82, 2.24) is 10.6 Å². The maximum absolute atomic E-state index is 11.8. The predicted molar refractivity (Wildman–Crippen MR) is 115 cm³/mol. The smallest absolute Gasteiger partial charge is 0.412 e. The molecule has 1 amide bonds. The number of rotatable bonds is 10. The molecule has 0 heterocycles. The van der Waals surface area contributed by atoms with Crippen LogP contribution in [0.25, 0.3) is 0 Å². The molecule has 1 aromatic carbocycles. The third kappa shape index (κ3) is 11.4. The van der Waals surface area contributed by atoms with Crippen LogP contribution in [0.5, 0.6) is 0 Å². The Hall–Kier alpha value is -2.28. The standard InChI is InChI=1S/C21H36N4O3/c1-6-22-19(23-14-8-16-27-7-2)24-15-13-17-9-11-18(12-10-17)25-20(26)28-21(3,4)5/h9-12H,6-8,13-16H2,1-5H3,(H,25,26)(H2,22,23,24). The Morgan fingerprint density at radius 2 is 1.82 bits per heavy atom. The molecule has 1 aromatic rings. The van der Waals surface area contributed by atoms with Crippen LogP contribution in [0.2, 0.25) is 0 Å². The lowest BCUT2D eigenvalue weighted by Crippen LogP contribution is -2.38. The van der Waals surface area contributed by atoms with E-state index in [1.165, 1.54) is 5.56 Å². The van der Waals surface area contributed by atoms with Crippen LogP contribution >= 0.6 is 0 Å². The van der Waals surface area contributed by atoms with Gasteiger partial charge in [0.1, 0.15) is 5.60 Å². The van der Waals surface area contributed by atoms with Gasteiger partial charge < -0.3 is 20.1 Å². The highest BCUT2D eigenvalue weighted by molar-refractivity contribution is 5.84. The summed E-state index contributed by atoms with van der Waals surface area (Å²) in [5.74, 6) is 0.821. The molecule has 0 saturated heterocycles. The quantitative estimate of drug-likeness (QED) is 0.322. The zero-order valence-corrected chi connectivity index (χ0v) is 17.9. The van der Waals surface area contributed by atoms with Gasteiger partial charge in [0.25, 0.3) is 0 Å². The Labute approximate surface area is 169 Å². The molecule has 7 heteroatoms. The van der Waals surface area contributed by atoms with Crippen LogP contribution in [-0.2, 0) is 15.9 Å². The Balaban J connectivity index is 2.40. The number of hydrogen-bond acceptors (Lipinski definition) is 4. The summed E-state index contributed by atoms with van der Waals surface area (Å²) < 4.78 is 10.6. The maximum atomic E-state index is 11.8. The fourth-order valence-corrected chi connectivity index (χ4v) is 2.35. The van der Waals surface area contributed by atoms with Crippen LogP contribution in [0.1, 0.15) is 46.6 Å². The average molecular weight is 393 g/mol. The molecule has 0 atom stereocenters. The van der Waals surface area contributed by atoms with E-state index in [2.05, 4.69) is 20.9 Å². The summed E-state index contributed by atoms with van der Waals surface area (Å²) in [4.78, 5) is 16.3. The Kier molecular flexibility index (Phi) is 11.0. The highest BCUT2D eigenvalue weighted by atomic mass is 16.6. The van der Waals surface area contributed by atoms with E-state index in [-0.39, 0.29) is 0 Å². The first-order valence-corrected chi connectivity index (χ1v) is 10.0. The van der Waals surface area contributed by atoms with Crippen molar-refractivity contribution < 1.29 is 14.3 Å². The summed E-state index contributed by atoms with van der Waals surface area (Å²) in [6, 6.07) is 7.76. The van der Waals surface area contributed by atoms with Gasteiger partial charge in [0.15, 0.2) is 5.96 Å². The molecule has 0 saturated carbocycles. The minimum Gasteiger partial charge on any atom is -0.444 e. The topological polar surface area (TPSA) is 84.0 Å². The molecule has 1 rings (SSSR count). The van der Waals surface area contributed by atoms with Gasteiger partial charge in [-0.3, -0.25) is 10.3 Å². The molecule has 158 valence electrons. The third-order valence-corrected chi connectivity index (χ3v) is 3.57. The molecule has 0 bridgehead atoms. The summed E-state index contributed by atoms with van der Waals surface area (Å²) in [6.45, 7) is 13.4. The van der Waals surface area contributed by atoms with Crippen molar-refractivity contribution >= 4 is 17.7 Å². The average Bonchev–Trinajstić information content (AvgIpc) is 2.61. The number of hydrogen-bond donors (Lipinski definition) is 3. The molecular weight excluding hydrogens is 356 g/mol. The number of nitrogens with one attached hydrogen (secondary N) is 3. The predicted octanol–water partition coefficient (Wildman–Crippen LogP) is 3.56. The molecule has 0 unspecified atom stereocenters. The highest BCUT2D eigenvalue weighted by Crippen LogP contribution is 2.13. The van der Waals surface area contributed by atoms with E-state index >= 15 is 0 Å². The molecule has 0 aromatic heterocycles. The van der Waals surface area contributed by atoms with Gasteiger partial charge in [-0.15, -0.1) is 0 Å². The molecule has 3 N–H and O–H groups in total. The van der Waals surface area contributed by atoms with Gasteiger partial charge in [0, 0.05) is 38.5 Å².